The number of rotatable bonds is 6. The second kappa shape index (κ2) is 7.94. The number of carbonyl (C=O) groups excluding carboxylic acids is 3. The molecule has 1 aliphatic carbocycles. The number of hydrogen-bond donors (Lipinski definition) is 3. The van der Waals surface area contributed by atoms with Crippen molar-refractivity contribution in [1.29, 1.82) is 0 Å². The van der Waals surface area contributed by atoms with E-state index in [1.807, 2.05) is 19.9 Å². The number of aliphatic hydroxyl groups is 1. The fourth-order valence-electron chi connectivity index (χ4n) is 4.32. The van der Waals surface area contributed by atoms with E-state index in [1.165, 1.54) is 14.2 Å². The highest BCUT2D eigenvalue weighted by Gasteiger charge is 2.53. The zero-order valence-electron chi connectivity index (χ0n) is 18.9. The molecule has 2 aromatic carbocycles. The minimum atomic E-state index is -2.76. The van der Waals surface area contributed by atoms with Gasteiger partial charge in [0, 0.05) is 22.8 Å². The van der Waals surface area contributed by atoms with Crippen molar-refractivity contribution in [3.05, 3.63) is 33.9 Å². The highest BCUT2D eigenvalue weighted by atomic mass is 16.5. The molecule has 0 fully saturated rings. The van der Waals surface area contributed by atoms with Gasteiger partial charge in [0.1, 0.15) is 11.5 Å². The van der Waals surface area contributed by atoms with Gasteiger partial charge < -0.3 is 24.8 Å². The van der Waals surface area contributed by atoms with E-state index >= 15 is 0 Å². The van der Waals surface area contributed by atoms with Crippen LogP contribution in [0.2, 0.25) is 0 Å². The standard InChI is InChI=1S/C24H26O8/c1-10(2)7-8-13-12(4)14-15-16(18(13)26)22(28)24(30,9-11(3)25)23(29)17(15)19(27)21(32-6)20(14)31-5/h7,26-27,30H,8-9H2,1-6H3/t24-/m0/s1. The Balaban J connectivity index is 2.62. The Labute approximate surface area is 185 Å². The molecule has 1 atom stereocenters. The molecule has 170 valence electrons. The fourth-order valence-corrected chi connectivity index (χ4v) is 4.32. The van der Waals surface area contributed by atoms with Gasteiger partial charge in [-0.15, -0.1) is 0 Å². The molecular formula is C24H26O8. The summed E-state index contributed by atoms with van der Waals surface area (Å²) in [5, 5.41) is 33.3. The van der Waals surface area contributed by atoms with E-state index in [2.05, 4.69) is 0 Å². The molecule has 0 aromatic heterocycles. The number of hydrogen-bond acceptors (Lipinski definition) is 8. The Kier molecular flexibility index (Phi) is 5.78. The number of phenolic OH excluding ortho intramolecular Hbond substituents is 2. The number of methoxy groups -OCH3 is 2. The molecule has 0 saturated carbocycles. The molecule has 2 aromatic rings. The largest absolute Gasteiger partial charge is 0.507 e. The SMILES string of the molecule is COc1c(O)c2c3c(c(O)c(CC=C(C)C)c(C)c3c1OC)C(=O)[C@@](O)(CC(C)=O)C2=O. The van der Waals surface area contributed by atoms with Crippen LogP contribution in [0.15, 0.2) is 11.6 Å². The Hall–Kier alpha value is -3.39. The molecule has 8 nitrogen and oxygen atoms in total. The van der Waals surface area contributed by atoms with Crippen molar-refractivity contribution < 1.29 is 39.2 Å². The van der Waals surface area contributed by atoms with Gasteiger partial charge in [-0.1, -0.05) is 11.6 Å². The molecule has 0 heterocycles. The summed E-state index contributed by atoms with van der Waals surface area (Å²) in [5.41, 5.74) is -1.61. The first-order valence-corrected chi connectivity index (χ1v) is 10.0. The number of carbonyl (C=O) groups is 3. The molecule has 3 N–H and O–H groups in total. The average molecular weight is 442 g/mol. The highest BCUT2D eigenvalue weighted by molar-refractivity contribution is 6.37. The van der Waals surface area contributed by atoms with Crippen LogP contribution in [0, 0.1) is 6.92 Å². The van der Waals surface area contributed by atoms with Gasteiger partial charge in [0.05, 0.1) is 25.3 Å². The highest BCUT2D eigenvalue weighted by Crippen LogP contribution is 2.54. The zero-order valence-corrected chi connectivity index (χ0v) is 18.9. The summed E-state index contributed by atoms with van der Waals surface area (Å²) in [7, 11) is 2.62. The number of ketones is 3. The Morgan fingerprint density at radius 3 is 1.94 bits per heavy atom. The minimum Gasteiger partial charge on any atom is -0.507 e. The van der Waals surface area contributed by atoms with Crippen LogP contribution in [0.25, 0.3) is 10.8 Å². The first-order valence-electron chi connectivity index (χ1n) is 10.0. The van der Waals surface area contributed by atoms with Gasteiger partial charge in [0.25, 0.3) is 0 Å². The summed E-state index contributed by atoms with van der Waals surface area (Å²) >= 11 is 0. The summed E-state index contributed by atoms with van der Waals surface area (Å²) in [4.78, 5) is 38.5. The summed E-state index contributed by atoms with van der Waals surface area (Å²) in [5.74, 6) is -3.98. The van der Waals surface area contributed by atoms with Crippen LogP contribution in [0.1, 0.15) is 59.0 Å². The number of Topliss-reactive ketones (excluding diaryl/α,β-unsaturated/α-hetero) is 3. The molecule has 8 heteroatoms. The third-order valence-corrected chi connectivity index (χ3v) is 5.82. The maximum Gasteiger partial charge on any atom is 0.207 e. The zero-order chi connectivity index (χ0) is 24.1. The van der Waals surface area contributed by atoms with Crippen LogP contribution in [-0.2, 0) is 11.2 Å². The van der Waals surface area contributed by atoms with E-state index in [1.54, 1.807) is 6.92 Å². The molecule has 0 amide bonds. The second-order valence-electron chi connectivity index (χ2n) is 8.25. The quantitative estimate of drug-likeness (QED) is 0.459. The summed E-state index contributed by atoms with van der Waals surface area (Å²) < 4.78 is 10.8. The van der Waals surface area contributed by atoms with Crippen LogP contribution in [0.4, 0.5) is 0 Å². The average Bonchev–Trinajstić information content (AvgIpc) is 2.70. The molecule has 0 saturated heterocycles. The van der Waals surface area contributed by atoms with Crippen molar-refractivity contribution >= 4 is 28.1 Å². The third kappa shape index (κ3) is 3.14. The lowest BCUT2D eigenvalue weighted by Crippen LogP contribution is -2.50. The lowest BCUT2D eigenvalue weighted by molar-refractivity contribution is -0.119. The fraction of sp³-hybridized carbons (Fsp3) is 0.375. The van der Waals surface area contributed by atoms with Gasteiger partial charge in [0.15, 0.2) is 17.1 Å². The molecule has 0 spiro atoms. The van der Waals surface area contributed by atoms with E-state index < -0.39 is 46.4 Å². The summed E-state index contributed by atoms with van der Waals surface area (Å²) in [6.07, 6.45) is 1.32. The van der Waals surface area contributed by atoms with E-state index in [9.17, 15) is 29.7 Å². The van der Waals surface area contributed by atoms with Crippen LogP contribution in [0.3, 0.4) is 0 Å². The Morgan fingerprint density at radius 2 is 1.47 bits per heavy atom. The lowest BCUT2D eigenvalue weighted by Gasteiger charge is -2.33. The maximum absolute atomic E-state index is 13.4. The van der Waals surface area contributed by atoms with E-state index in [0.717, 1.165) is 12.5 Å². The number of allylic oxidation sites excluding steroid dienone is 2. The third-order valence-electron chi connectivity index (χ3n) is 5.82. The number of aromatic hydroxyl groups is 2. The topological polar surface area (TPSA) is 130 Å². The van der Waals surface area contributed by atoms with Crippen LogP contribution in [-0.4, -0.2) is 52.5 Å². The second-order valence-corrected chi connectivity index (χ2v) is 8.25. The smallest absolute Gasteiger partial charge is 0.207 e. The van der Waals surface area contributed by atoms with E-state index in [0.29, 0.717) is 16.5 Å². The monoisotopic (exact) mass is 442 g/mol. The van der Waals surface area contributed by atoms with Crippen molar-refractivity contribution in [2.24, 2.45) is 0 Å². The molecule has 0 aliphatic heterocycles. The van der Waals surface area contributed by atoms with Gasteiger partial charge in [-0.25, -0.2) is 0 Å². The van der Waals surface area contributed by atoms with E-state index in [-0.39, 0.29) is 28.9 Å². The molecule has 32 heavy (non-hydrogen) atoms. The maximum atomic E-state index is 13.4. The minimum absolute atomic E-state index is 0.0423. The lowest BCUT2D eigenvalue weighted by atomic mass is 9.72. The molecule has 1 aliphatic rings. The number of ether oxygens (including phenoxy) is 2. The number of benzene rings is 2. The van der Waals surface area contributed by atoms with Gasteiger partial charge in [0.2, 0.25) is 17.3 Å². The predicted octanol–water partition coefficient (Wildman–Crippen LogP) is 3.17. The van der Waals surface area contributed by atoms with Gasteiger partial charge in [-0.3, -0.25) is 14.4 Å². The van der Waals surface area contributed by atoms with Crippen LogP contribution >= 0.6 is 0 Å². The van der Waals surface area contributed by atoms with Crippen molar-refractivity contribution in [2.75, 3.05) is 14.2 Å². The van der Waals surface area contributed by atoms with Gasteiger partial charge in [-0.05, 0) is 39.7 Å². The molecule has 0 bridgehead atoms. The molecule has 0 unspecified atom stereocenters. The number of phenols is 2. The van der Waals surface area contributed by atoms with Crippen molar-refractivity contribution in [2.45, 2.75) is 46.1 Å². The molecule has 3 rings (SSSR count). The van der Waals surface area contributed by atoms with Crippen molar-refractivity contribution in [3.8, 4) is 23.0 Å². The van der Waals surface area contributed by atoms with Crippen LogP contribution in [0.5, 0.6) is 23.0 Å². The molecule has 0 radical (unpaired) electrons. The van der Waals surface area contributed by atoms with Crippen molar-refractivity contribution in [3.63, 3.8) is 0 Å². The molecular weight excluding hydrogens is 416 g/mol. The summed E-state index contributed by atoms with van der Waals surface area (Å²) in [6.45, 7) is 6.59. The first kappa shape index (κ1) is 23.3. The Morgan fingerprint density at radius 1 is 0.938 bits per heavy atom. The number of aryl methyl sites for hydroxylation is 1. The normalized spacial score (nSPS) is 17.5. The van der Waals surface area contributed by atoms with Crippen molar-refractivity contribution in [1.82, 2.24) is 0 Å². The Bertz CT molecular complexity index is 1220. The first-order chi connectivity index (χ1) is 14.9. The van der Waals surface area contributed by atoms with Gasteiger partial charge in [-0.2, -0.15) is 0 Å². The van der Waals surface area contributed by atoms with Crippen LogP contribution < -0.4 is 9.47 Å². The van der Waals surface area contributed by atoms with E-state index in [4.69, 9.17) is 9.47 Å². The summed E-state index contributed by atoms with van der Waals surface area (Å²) in [6, 6.07) is 0. The van der Waals surface area contributed by atoms with Gasteiger partial charge >= 0.3 is 0 Å². The predicted molar refractivity (Wildman–Crippen MR) is 117 cm³/mol.